The Hall–Kier alpha value is -2.12. The van der Waals surface area contributed by atoms with Crippen LogP contribution >= 0.6 is 45.2 Å². The third kappa shape index (κ3) is 5.94. The Balaban J connectivity index is 1.55. The second kappa shape index (κ2) is 10.4. The normalized spacial score (nSPS) is 10.6. The Morgan fingerprint density at radius 3 is 2.50 bits per heavy atom. The van der Waals surface area contributed by atoms with Crippen LogP contribution in [0, 0.1) is 18.5 Å². The highest BCUT2D eigenvalue weighted by molar-refractivity contribution is 14.1. The number of hydrogen-bond donors (Lipinski definition) is 0. The molecule has 0 atom stereocenters. The van der Waals surface area contributed by atoms with E-state index in [0.29, 0.717) is 12.2 Å². The van der Waals surface area contributed by atoms with E-state index in [1.165, 1.54) is 3.57 Å². The largest absolute Gasteiger partial charge is 0.488 e. The standard InChI is InChI=1S/C22H16I2N2O2/c23-20-8-5-16(6-9-20)14-27-22-10-7-17(11-21(22)24)13-26-28-15-19-4-2-1-3-18(19)12-25/h1-11,13H,14-15H2/b26-13-. The van der Waals surface area contributed by atoms with E-state index in [0.717, 1.165) is 26.0 Å². The van der Waals surface area contributed by atoms with Crippen molar-refractivity contribution in [2.24, 2.45) is 5.16 Å². The van der Waals surface area contributed by atoms with Crippen LogP contribution in [0.2, 0.25) is 0 Å². The van der Waals surface area contributed by atoms with Gasteiger partial charge in [0, 0.05) is 9.13 Å². The van der Waals surface area contributed by atoms with E-state index in [9.17, 15) is 0 Å². The third-order valence-corrected chi connectivity index (χ3v) is 5.46. The lowest BCUT2D eigenvalue weighted by Gasteiger charge is -2.09. The Morgan fingerprint density at radius 1 is 0.964 bits per heavy atom. The molecule has 0 N–H and O–H groups in total. The minimum Gasteiger partial charge on any atom is -0.488 e. The monoisotopic (exact) mass is 594 g/mol. The molecule has 0 saturated carbocycles. The maximum Gasteiger partial charge on any atom is 0.143 e. The van der Waals surface area contributed by atoms with E-state index in [1.807, 2.05) is 36.4 Å². The lowest BCUT2D eigenvalue weighted by molar-refractivity contribution is 0.132. The SMILES string of the molecule is N#Cc1ccccc1CO/N=C\c1ccc(OCc2ccc(I)cc2)c(I)c1. The molecule has 0 bridgehead atoms. The van der Waals surface area contributed by atoms with Crippen LogP contribution < -0.4 is 4.74 Å². The molecule has 3 aromatic rings. The number of oxime groups is 1. The van der Waals surface area contributed by atoms with E-state index in [4.69, 9.17) is 14.8 Å². The molecule has 3 rings (SSSR count). The second-order valence-electron chi connectivity index (χ2n) is 5.88. The van der Waals surface area contributed by atoms with Crippen LogP contribution in [-0.2, 0) is 18.1 Å². The summed E-state index contributed by atoms with van der Waals surface area (Å²) in [5.41, 5.74) is 3.46. The highest BCUT2D eigenvalue weighted by Gasteiger charge is 2.04. The van der Waals surface area contributed by atoms with Crippen molar-refractivity contribution in [2.75, 3.05) is 0 Å². The van der Waals surface area contributed by atoms with Crippen LogP contribution in [0.4, 0.5) is 0 Å². The number of nitrogens with zero attached hydrogens (tertiary/aromatic N) is 2. The van der Waals surface area contributed by atoms with Gasteiger partial charge in [-0.15, -0.1) is 0 Å². The summed E-state index contributed by atoms with van der Waals surface area (Å²) in [5.74, 6) is 0.833. The van der Waals surface area contributed by atoms with E-state index in [1.54, 1.807) is 12.3 Å². The van der Waals surface area contributed by atoms with Crippen molar-refractivity contribution in [3.8, 4) is 11.8 Å². The number of halogens is 2. The number of hydrogen-bond acceptors (Lipinski definition) is 4. The molecule has 0 radical (unpaired) electrons. The van der Waals surface area contributed by atoms with Crippen molar-refractivity contribution in [1.29, 1.82) is 5.26 Å². The van der Waals surface area contributed by atoms with Gasteiger partial charge in [0.1, 0.15) is 19.0 Å². The number of nitriles is 1. The molecule has 3 aromatic carbocycles. The average Bonchev–Trinajstić information content (AvgIpc) is 2.72. The van der Waals surface area contributed by atoms with Gasteiger partial charge in [-0.3, -0.25) is 0 Å². The van der Waals surface area contributed by atoms with E-state index < -0.39 is 0 Å². The van der Waals surface area contributed by atoms with Gasteiger partial charge in [-0.05, 0) is 92.7 Å². The lowest BCUT2D eigenvalue weighted by atomic mass is 10.1. The molecule has 0 amide bonds. The van der Waals surface area contributed by atoms with Gasteiger partial charge >= 0.3 is 0 Å². The lowest BCUT2D eigenvalue weighted by Crippen LogP contribution is -1.98. The van der Waals surface area contributed by atoms with Gasteiger partial charge in [0.25, 0.3) is 0 Å². The summed E-state index contributed by atoms with van der Waals surface area (Å²) in [6.45, 7) is 0.788. The summed E-state index contributed by atoms with van der Waals surface area (Å²) in [5, 5.41) is 13.1. The zero-order valence-electron chi connectivity index (χ0n) is 14.8. The summed E-state index contributed by atoms with van der Waals surface area (Å²) >= 11 is 4.54. The predicted molar refractivity (Wildman–Crippen MR) is 126 cm³/mol. The highest BCUT2D eigenvalue weighted by atomic mass is 127. The molecule has 0 aromatic heterocycles. The molecule has 0 aliphatic heterocycles. The molecule has 0 saturated heterocycles. The van der Waals surface area contributed by atoms with Crippen molar-refractivity contribution in [3.63, 3.8) is 0 Å². The zero-order chi connectivity index (χ0) is 19.8. The molecule has 6 heteroatoms. The van der Waals surface area contributed by atoms with Crippen molar-refractivity contribution in [2.45, 2.75) is 13.2 Å². The first-order valence-corrected chi connectivity index (χ1v) is 10.6. The van der Waals surface area contributed by atoms with Crippen LogP contribution in [0.3, 0.4) is 0 Å². The molecule has 0 aliphatic rings. The fourth-order valence-electron chi connectivity index (χ4n) is 2.42. The molecule has 0 spiro atoms. The smallest absolute Gasteiger partial charge is 0.143 e. The van der Waals surface area contributed by atoms with Crippen LogP contribution in [-0.4, -0.2) is 6.21 Å². The summed E-state index contributed by atoms with van der Waals surface area (Å²) in [6.07, 6.45) is 1.65. The fraction of sp³-hybridized carbons (Fsp3) is 0.0909. The first-order chi connectivity index (χ1) is 13.7. The van der Waals surface area contributed by atoms with Gasteiger partial charge in [-0.25, -0.2) is 0 Å². The minimum atomic E-state index is 0.258. The van der Waals surface area contributed by atoms with Crippen molar-refractivity contribution < 1.29 is 9.57 Å². The highest BCUT2D eigenvalue weighted by Crippen LogP contribution is 2.23. The van der Waals surface area contributed by atoms with E-state index in [-0.39, 0.29) is 6.61 Å². The average molecular weight is 594 g/mol. The predicted octanol–water partition coefficient (Wildman–Crippen LogP) is 5.90. The fourth-order valence-corrected chi connectivity index (χ4v) is 3.47. The number of ether oxygens (including phenoxy) is 1. The minimum absolute atomic E-state index is 0.258. The van der Waals surface area contributed by atoms with Gasteiger partial charge in [-0.1, -0.05) is 35.5 Å². The topological polar surface area (TPSA) is 54.6 Å². The van der Waals surface area contributed by atoms with Crippen LogP contribution in [0.25, 0.3) is 0 Å². The van der Waals surface area contributed by atoms with E-state index in [2.05, 4.69) is 80.7 Å². The van der Waals surface area contributed by atoms with Crippen molar-refractivity contribution >= 4 is 51.4 Å². The molecular weight excluding hydrogens is 578 g/mol. The van der Waals surface area contributed by atoms with Crippen LogP contribution in [0.15, 0.2) is 71.9 Å². The maximum absolute atomic E-state index is 9.08. The van der Waals surface area contributed by atoms with Gasteiger partial charge in [0.2, 0.25) is 0 Å². The molecule has 28 heavy (non-hydrogen) atoms. The molecule has 0 heterocycles. The van der Waals surface area contributed by atoms with Crippen LogP contribution in [0.5, 0.6) is 5.75 Å². The van der Waals surface area contributed by atoms with Gasteiger partial charge < -0.3 is 9.57 Å². The van der Waals surface area contributed by atoms with Gasteiger partial charge in [0.15, 0.2) is 0 Å². The van der Waals surface area contributed by atoms with Gasteiger partial charge in [0.05, 0.1) is 21.4 Å². The summed E-state index contributed by atoms with van der Waals surface area (Å²) in [7, 11) is 0. The van der Waals surface area contributed by atoms with E-state index >= 15 is 0 Å². The van der Waals surface area contributed by atoms with Crippen molar-refractivity contribution in [3.05, 3.63) is 96.1 Å². The van der Waals surface area contributed by atoms with Gasteiger partial charge in [-0.2, -0.15) is 5.26 Å². The molecular formula is C22H16I2N2O2. The number of benzene rings is 3. The van der Waals surface area contributed by atoms with Crippen LogP contribution in [0.1, 0.15) is 22.3 Å². The summed E-state index contributed by atoms with van der Waals surface area (Å²) in [4.78, 5) is 5.34. The first-order valence-electron chi connectivity index (χ1n) is 8.46. The first kappa shape index (κ1) is 20.6. The Morgan fingerprint density at radius 2 is 1.75 bits per heavy atom. The Labute approximate surface area is 191 Å². The Kier molecular flexibility index (Phi) is 7.68. The zero-order valence-corrected chi connectivity index (χ0v) is 19.1. The summed E-state index contributed by atoms with van der Waals surface area (Å²) in [6, 6.07) is 23.6. The molecule has 0 aliphatic carbocycles. The molecule has 0 fully saturated rings. The summed E-state index contributed by atoms with van der Waals surface area (Å²) < 4.78 is 8.12. The molecule has 4 nitrogen and oxygen atoms in total. The number of rotatable bonds is 7. The second-order valence-corrected chi connectivity index (χ2v) is 8.29. The molecule has 0 unspecified atom stereocenters. The quantitative estimate of drug-likeness (QED) is 0.195. The third-order valence-electron chi connectivity index (χ3n) is 3.90. The molecule has 140 valence electrons. The van der Waals surface area contributed by atoms with Crippen molar-refractivity contribution in [1.82, 2.24) is 0 Å². The maximum atomic E-state index is 9.08. The Bertz CT molecular complexity index is 1010.